The van der Waals surface area contributed by atoms with Gasteiger partial charge in [-0.15, -0.1) is 24.0 Å². The molecule has 25 heavy (non-hydrogen) atoms. The molecule has 2 aliphatic rings. The van der Waals surface area contributed by atoms with E-state index < -0.39 is 0 Å². The van der Waals surface area contributed by atoms with Crippen LogP contribution in [0, 0.1) is 5.92 Å². The second-order valence-electron chi connectivity index (χ2n) is 7.24. The minimum Gasteiger partial charge on any atom is -0.357 e. The number of likely N-dealkylation sites (tertiary alicyclic amines) is 2. The van der Waals surface area contributed by atoms with Crippen LogP contribution in [0.3, 0.4) is 0 Å². The quantitative estimate of drug-likeness (QED) is 0.329. The number of hydrogen-bond acceptors (Lipinski definition) is 3. The van der Waals surface area contributed by atoms with E-state index in [9.17, 15) is 0 Å². The molecule has 6 heteroatoms. The zero-order valence-electron chi connectivity index (χ0n) is 16.6. The normalized spacial score (nSPS) is 23.5. The molecule has 0 spiro atoms. The zero-order chi connectivity index (χ0) is 17.2. The number of guanidine groups is 1. The molecule has 0 aromatic rings. The van der Waals surface area contributed by atoms with Gasteiger partial charge in [0.05, 0.1) is 6.54 Å². The maximum atomic E-state index is 4.85. The topological polar surface area (TPSA) is 42.9 Å². The third-order valence-corrected chi connectivity index (χ3v) is 5.71. The van der Waals surface area contributed by atoms with E-state index in [0.29, 0.717) is 6.04 Å². The van der Waals surface area contributed by atoms with Crippen LogP contribution in [0.4, 0.5) is 0 Å². The van der Waals surface area contributed by atoms with E-state index in [1.165, 1.54) is 58.3 Å². The summed E-state index contributed by atoms with van der Waals surface area (Å²) in [6, 6.07) is 0.642. The van der Waals surface area contributed by atoms with Gasteiger partial charge in [0.25, 0.3) is 0 Å². The van der Waals surface area contributed by atoms with Gasteiger partial charge >= 0.3 is 0 Å². The summed E-state index contributed by atoms with van der Waals surface area (Å²) in [6.45, 7) is 15.8. The number of piperidine rings is 1. The van der Waals surface area contributed by atoms with Gasteiger partial charge in [-0.3, -0.25) is 9.89 Å². The molecule has 2 saturated heterocycles. The summed E-state index contributed by atoms with van der Waals surface area (Å²) in [7, 11) is 0. The second-order valence-corrected chi connectivity index (χ2v) is 7.24. The summed E-state index contributed by atoms with van der Waals surface area (Å²) in [6.07, 6.45) is 6.61. The largest absolute Gasteiger partial charge is 0.357 e. The van der Waals surface area contributed by atoms with Gasteiger partial charge in [0.2, 0.25) is 0 Å². The molecule has 0 aromatic heterocycles. The Hall–Kier alpha value is -0.0800. The highest BCUT2D eigenvalue weighted by atomic mass is 127. The Bertz CT molecular complexity index is 369. The number of aliphatic imine (C=N–C) groups is 1. The number of nitrogens with one attached hydrogen (secondary N) is 2. The highest BCUT2D eigenvalue weighted by molar-refractivity contribution is 14.0. The Morgan fingerprint density at radius 2 is 1.76 bits per heavy atom. The van der Waals surface area contributed by atoms with E-state index in [-0.39, 0.29) is 24.0 Å². The first-order valence-electron chi connectivity index (χ1n) is 10.2. The summed E-state index contributed by atoms with van der Waals surface area (Å²) in [5.41, 5.74) is 0. The van der Waals surface area contributed by atoms with Crippen molar-refractivity contribution in [2.45, 2.75) is 58.9 Å². The van der Waals surface area contributed by atoms with Crippen LogP contribution in [0.1, 0.15) is 52.9 Å². The molecule has 0 radical (unpaired) electrons. The van der Waals surface area contributed by atoms with Gasteiger partial charge < -0.3 is 15.5 Å². The van der Waals surface area contributed by atoms with Crippen molar-refractivity contribution in [2.24, 2.45) is 10.9 Å². The van der Waals surface area contributed by atoms with Gasteiger partial charge in [-0.05, 0) is 77.7 Å². The van der Waals surface area contributed by atoms with Crippen LogP contribution in [-0.2, 0) is 0 Å². The van der Waals surface area contributed by atoms with E-state index in [1.807, 2.05) is 0 Å². The fraction of sp³-hybridized carbons (Fsp3) is 0.947. The molecule has 1 atom stereocenters. The molecule has 0 aliphatic carbocycles. The number of likely N-dealkylation sites (N-methyl/N-ethyl adjacent to an activating group) is 1. The van der Waals surface area contributed by atoms with Gasteiger partial charge in [0.15, 0.2) is 5.96 Å². The van der Waals surface area contributed by atoms with Crippen LogP contribution in [0.5, 0.6) is 0 Å². The molecule has 0 aromatic carbocycles. The third-order valence-electron chi connectivity index (χ3n) is 5.71. The fourth-order valence-electron chi connectivity index (χ4n) is 4.04. The van der Waals surface area contributed by atoms with Crippen molar-refractivity contribution in [3.8, 4) is 0 Å². The van der Waals surface area contributed by atoms with Crippen LogP contribution < -0.4 is 10.6 Å². The molecule has 2 heterocycles. The van der Waals surface area contributed by atoms with Gasteiger partial charge in [-0.2, -0.15) is 0 Å². The predicted molar refractivity (Wildman–Crippen MR) is 119 cm³/mol. The maximum Gasteiger partial charge on any atom is 0.191 e. The molecule has 2 rings (SSSR count). The van der Waals surface area contributed by atoms with Crippen molar-refractivity contribution in [3.05, 3.63) is 0 Å². The lowest BCUT2D eigenvalue weighted by Crippen LogP contribution is -2.40. The highest BCUT2D eigenvalue weighted by Gasteiger charge is 2.22. The molecule has 0 bridgehead atoms. The minimum atomic E-state index is 0. The van der Waals surface area contributed by atoms with E-state index in [2.05, 4.69) is 41.2 Å². The Balaban J connectivity index is 0.00000312. The smallest absolute Gasteiger partial charge is 0.191 e. The zero-order valence-corrected chi connectivity index (χ0v) is 18.9. The SMILES string of the molecule is CCNC(=NCC1CCCN1CC)NCCC1CCN(CC)CC1.I. The fourth-order valence-corrected chi connectivity index (χ4v) is 4.04. The molecule has 148 valence electrons. The van der Waals surface area contributed by atoms with Gasteiger partial charge in [-0.25, -0.2) is 0 Å². The monoisotopic (exact) mass is 465 g/mol. The Labute approximate surface area is 172 Å². The van der Waals surface area contributed by atoms with E-state index in [0.717, 1.165) is 38.1 Å². The van der Waals surface area contributed by atoms with Crippen LogP contribution in [-0.4, -0.2) is 74.2 Å². The van der Waals surface area contributed by atoms with Crippen molar-refractivity contribution in [1.82, 2.24) is 20.4 Å². The molecular formula is C19H40IN5. The average Bonchev–Trinajstić information content (AvgIpc) is 3.08. The number of halogens is 1. The standard InChI is InChI=1S/C19H39N5.HI/c1-4-20-19(22-16-18-8-7-13-24(18)6-3)21-12-9-17-10-14-23(5-2)15-11-17;/h17-18H,4-16H2,1-3H3,(H2,20,21,22);1H. The van der Waals surface area contributed by atoms with Crippen molar-refractivity contribution in [1.29, 1.82) is 0 Å². The Kier molecular flexibility index (Phi) is 12.1. The van der Waals surface area contributed by atoms with E-state index in [1.54, 1.807) is 0 Å². The van der Waals surface area contributed by atoms with Crippen LogP contribution >= 0.6 is 24.0 Å². The van der Waals surface area contributed by atoms with Crippen LogP contribution in [0.2, 0.25) is 0 Å². The number of hydrogen-bond donors (Lipinski definition) is 2. The lowest BCUT2D eigenvalue weighted by atomic mass is 9.93. The Morgan fingerprint density at radius 1 is 1.00 bits per heavy atom. The van der Waals surface area contributed by atoms with Crippen LogP contribution in [0.15, 0.2) is 4.99 Å². The summed E-state index contributed by atoms with van der Waals surface area (Å²) in [5.74, 6) is 1.89. The molecule has 5 nitrogen and oxygen atoms in total. The molecule has 1 unspecified atom stereocenters. The van der Waals surface area contributed by atoms with Gasteiger partial charge in [0.1, 0.15) is 0 Å². The van der Waals surface area contributed by atoms with Crippen molar-refractivity contribution in [2.75, 3.05) is 52.4 Å². The first-order valence-corrected chi connectivity index (χ1v) is 10.2. The maximum absolute atomic E-state index is 4.85. The highest BCUT2D eigenvalue weighted by Crippen LogP contribution is 2.19. The van der Waals surface area contributed by atoms with Gasteiger partial charge in [-0.1, -0.05) is 13.8 Å². The van der Waals surface area contributed by atoms with Gasteiger partial charge in [0, 0.05) is 19.1 Å². The molecule has 2 fully saturated rings. The van der Waals surface area contributed by atoms with Crippen molar-refractivity contribution < 1.29 is 0 Å². The van der Waals surface area contributed by atoms with Crippen LogP contribution in [0.25, 0.3) is 0 Å². The lowest BCUT2D eigenvalue weighted by Gasteiger charge is -2.31. The van der Waals surface area contributed by atoms with Crippen molar-refractivity contribution >= 4 is 29.9 Å². The van der Waals surface area contributed by atoms with E-state index in [4.69, 9.17) is 4.99 Å². The second kappa shape index (κ2) is 13.1. The summed E-state index contributed by atoms with van der Waals surface area (Å²) in [5, 5.41) is 6.96. The molecule has 2 N–H and O–H groups in total. The molecular weight excluding hydrogens is 425 g/mol. The molecule has 2 aliphatic heterocycles. The number of nitrogens with zero attached hydrogens (tertiary/aromatic N) is 3. The first kappa shape index (κ1) is 23.0. The summed E-state index contributed by atoms with van der Waals surface area (Å²) in [4.78, 5) is 9.98. The average molecular weight is 465 g/mol. The minimum absolute atomic E-state index is 0. The number of rotatable bonds is 8. The lowest BCUT2D eigenvalue weighted by molar-refractivity contribution is 0.187. The summed E-state index contributed by atoms with van der Waals surface area (Å²) < 4.78 is 0. The first-order chi connectivity index (χ1) is 11.8. The molecule has 0 amide bonds. The molecule has 0 saturated carbocycles. The summed E-state index contributed by atoms with van der Waals surface area (Å²) >= 11 is 0. The Morgan fingerprint density at radius 3 is 2.40 bits per heavy atom. The predicted octanol–water partition coefficient (Wildman–Crippen LogP) is 2.77. The van der Waals surface area contributed by atoms with E-state index >= 15 is 0 Å². The van der Waals surface area contributed by atoms with Crippen molar-refractivity contribution in [3.63, 3.8) is 0 Å². The third kappa shape index (κ3) is 7.99.